The van der Waals surface area contributed by atoms with Crippen LogP contribution in [0.4, 0.5) is 0 Å². The highest BCUT2D eigenvalue weighted by molar-refractivity contribution is 5.96. The molecule has 25 heavy (non-hydrogen) atoms. The molecule has 1 saturated carbocycles. The van der Waals surface area contributed by atoms with Crippen LogP contribution in [0.3, 0.4) is 0 Å². The number of hydrogen-bond donors (Lipinski definition) is 0. The number of hydrogen-bond acceptors (Lipinski definition) is 5. The van der Waals surface area contributed by atoms with Gasteiger partial charge in [-0.1, -0.05) is 25.9 Å². The van der Waals surface area contributed by atoms with E-state index in [0.29, 0.717) is 12.8 Å². The first kappa shape index (κ1) is 16.6. The molecule has 0 N–H and O–H groups in total. The van der Waals surface area contributed by atoms with Crippen molar-refractivity contribution < 1.29 is 18.8 Å². The lowest BCUT2D eigenvalue weighted by Crippen LogP contribution is -2.56. The summed E-state index contributed by atoms with van der Waals surface area (Å²) in [5, 5.41) is 4.02. The molecule has 1 heterocycles. The molecule has 1 aromatic heterocycles. The predicted molar refractivity (Wildman–Crippen MR) is 90.8 cm³/mol. The Hall–Kier alpha value is -1.91. The SMILES string of the molecule is COC(=O)[C@]12CCC(=O)C=C1[C@@]1(C)Cc3cnoc3C(C)(C)C1CC2. The molecule has 1 fully saturated rings. The van der Waals surface area contributed by atoms with E-state index in [4.69, 9.17) is 9.26 Å². The van der Waals surface area contributed by atoms with Crippen LogP contribution in [-0.2, 0) is 26.2 Å². The summed E-state index contributed by atoms with van der Waals surface area (Å²) in [6.45, 7) is 6.58. The van der Waals surface area contributed by atoms with Crippen LogP contribution in [-0.4, -0.2) is 24.0 Å². The number of esters is 1. The molecule has 1 aromatic rings. The minimum absolute atomic E-state index is 0.116. The van der Waals surface area contributed by atoms with Crippen molar-refractivity contribution in [3.63, 3.8) is 0 Å². The Bertz CT molecular complexity index is 789. The maximum atomic E-state index is 12.8. The fourth-order valence-electron chi connectivity index (χ4n) is 6.07. The number of ether oxygens (including phenoxy) is 1. The standard InChI is InChI=1S/C20H25NO4/c1-18(2)14-6-8-20(17(23)24-4)7-5-13(22)9-15(20)19(14,3)10-12-11-21-25-16(12)18/h9,11,14H,5-8,10H2,1-4H3/t14?,19-,20-/m0/s1. The van der Waals surface area contributed by atoms with E-state index in [0.717, 1.165) is 36.2 Å². The molecular formula is C20H25NO4. The molecular weight excluding hydrogens is 318 g/mol. The number of methoxy groups -OCH3 is 1. The van der Waals surface area contributed by atoms with Crippen molar-refractivity contribution in [3.8, 4) is 0 Å². The molecule has 5 heteroatoms. The normalized spacial score (nSPS) is 35.9. The Balaban J connectivity index is 1.92. The molecule has 0 amide bonds. The average molecular weight is 343 g/mol. The van der Waals surface area contributed by atoms with Crippen LogP contribution < -0.4 is 0 Å². The summed E-state index contributed by atoms with van der Waals surface area (Å²) in [6.07, 6.45) is 6.90. The second-order valence-corrected chi connectivity index (χ2v) is 8.69. The van der Waals surface area contributed by atoms with Gasteiger partial charge >= 0.3 is 5.97 Å². The fourth-order valence-corrected chi connectivity index (χ4v) is 6.07. The van der Waals surface area contributed by atoms with Gasteiger partial charge in [0.25, 0.3) is 0 Å². The van der Waals surface area contributed by atoms with E-state index in [1.54, 1.807) is 12.3 Å². The van der Waals surface area contributed by atoms with Gasteiger partial charge in [-0.2, -0.15) is 0 Å². The number of carbonyl (C=O) groups excluding carboxylic acids is 2. The highest BCUT2D eigenvalue weighted by Gasteiger charge is 2.62. The van der Waals surface area contributed by atoms with Crippen LogP contribution >= 0.6 is 0 Å². The third-order valence-corrected chi connectivity index (χ3v) is 7.10. The van der Waals surface area contributed by atoms with Gasteiger partial charge in [-0.15, -0.1) is 0 Å². The monoisotopic (exact) mass is 343 g/mol. The number of ketones is 1. The molecule has 3 aliphatic carbocycles. The maximum absolute atomic E-state index is 12.8. The van der Waals surface area contributed by atoms with E-state index in [1.165, 1.54) is 7.11 Å². The molecule has 5 nitrogen and oxygen atoms in total. The van der Waals surface area contributed by atoms with Gasteiger partial charge in [0.1, 0.15) is 5.76 Å². The molecule has 0 spiro atoms. The first-order valence-corrected chi connectivity index (χ1v) is 9.03. The summed E-state index contributed by atoms with van der Waals surface area (Å²) < 4.78 is 10.8. The van der Waals surface area contributed by atoms with Crippen molar-refractivity contribution in [2.24, 2.45) is 16.7 Å². The highest BCUT2D eigenvalue weighted by atomic mass is 16.5. The van der Waals surface area contributed by atoms with E-state index < -0.39 is 5.41 Å². The first-order chi connectivity index (χ1) is 11.8. The molecule has 1 unspecified atom stereocenters. The largest absolute Gasteiger partial charge is 0.468 e. The smallest absolute Gasteiger partial charge is 0.315 e. The molecule has 0 radical (unpaired) electrons. The Labute approximate surface area is 147 Å². The molecule has 0 aromatic carbocycles. The third kappa shape index (κ3) is 1.98. The second kappa shape index (κ2) is 5.05. The number of carbonyl (C=O) groups is 2. The molecule has 0 aliphatic heterocycles. The third-order valence-electron chi connectivity index (χ3n) is 7.10. The van der Waals surface area contributed by atoms with Crippen molar-refractivity contribution in [1.29, 1.82) is 0 Å². The minimum Gasteiger partial charge on any atom is -0.468 e. The highest BCUT2D eigenvalue weighted by Crippen LogP contribution is 2.65. The average Bonchev–Trinajstić information content (AvgIpc) is 3.03. The predicted octanol–water partition coefficient (Wildman–Crippen LogP) is 3.37. The zero-order chi connectivity index (χ0) is 18.0. The van der Waals surface area contributed by atoms with Gasteiger partial charge in [0.05, 0.1) is 18.7 Å². The van der Waals surface area contributed by atoms with Crippen molar-refractivity contribution in [1.82, 2.24) is 5.16 Å². The summed E-state index contributed by atoms with van der Waals surface area (Å²) in [5.74, 6) is 1.16. The number of fused-ring (bicyclic) bond motifs is 4. The summed E-state index contributed by atoms with van der Waals surface area (Å²) in [6, 6.07) is 0. The van der Waals surface area contributed by atoms with Gasteiger partial charge in [-0.25, -0.2) is 0 Å². The first-order valence-electron chi connectivity index (χ1n) is 9.03. The van der Waals surface area contributed by atoms with E-state index in [-0.39, 0.29) is 28.5 Å². The minimum atomic E-state index is -0.654. The second-order valence-electron chi connectivity index (χ2n) is 8.69. The molecule has 0 saturated heterocycles. The molecule has 4 rings (SSSR count). The molecule has 3 aliphatic rings. The Morgan fingerprint density at radius 2 is 2.08 bits per heavy atom. The van der Waals surface area contributed by atoms with Crippen LogP contribution in [0.2, 0.25) is 0 Å². The topological polar surface area (TPSA) is 69.4 Å². The van der Waals surface area contributed by atoms with Crippen LogP contribution in [0, 0.1) is 16.7 Å². The lowest BCUT2D eigenvalue weighted by Gasteiger charge is -2.58. The van der Waals surface area contributed by atoms with Gasteiger partial charge in [0, 0.05) is 17.4 Å². The van der Waals surface area contributed by atoms with Crippen LogP contribution in [0.25, 0.3) is 0 Å². The van der Waals surface area contributed by atoms with Gasteiger partial charge in [-0.3, -0.25) is 9.59 Å². The van der Waals surface area contributed by atoms with E-state index in [2.05, 4.69) is 25.9 Å². The number of allylic oxidation sites excluding steroid dienone is 1. The lowest BCUT2D eigenvalue weighted by molar-refractivity contribution is -0.156. The zero-order valence-electron chi connectivity index (χ0n) is 15.3. The maximum Gasteiger partial charge on any atom is 0.315 e. The molecule has 3 atom stereocenters. The van der Waals surface area contributed by atoms with Crippen LogP contribution in [0.15, 0.2) is 22.4 Å². The Morgan fingerprint density at radius 3 is 2.80 bits per heavy atom. The number of rotatable bonds is 1. The number of aromatic nitrogens is 1. The van der Waals surface area contributed by atoms with Gasteiger partial charge in [0.2, 0.25) is 0 Å². The van der Waals surface area contributed by atoms with E-state index in [9.17, 15) is 9.59 Å². The zero-order valence-corrected chi connectivity index (χ0v) is 15.3. The van der Waals surface area contributed by atoms with Gasteiger partial charge in [-0.05, 0) is 48.7 Å². The fraction of sp³-hybridized carbons (Fsp3) is 0.650. The quantitative estimate of drug-likeness (QED) is 0.731. The Morgan fingerprint density at radius 1 is 1.32 bits per heavy atom. The van der Waals surface area contributed by atoms with E-state index in [1.807, 2.05) is 0 Å². The van der Waals surface area contributed by atoms with Crippen molar-refractivity contribution in [3.05, 3.63) is 29.2 Å². The van der Waals surface area contributed by atoms with Crippen LogP contribution in [0.1, 0.15) is 57.8 Å². The summed E-state index contributed by atoms with van der Waals surface area (Å²) in [4.78, 5) is 25.1. The molecule has 134 valence electrons. The van der Waals surface area contributed by atoms with Gasteiger partial charge < -0.3 is 9.26 Å². The van der Waals surface area contributed by atoms with Crippen molar-refractivity contribution in [2.75, 3.05) is 7.11 Å². The lowest BCUT2D eigenvalue weighted by atomic mass is 9.44. The van der Waals surface area contributed by atoms with Crippen molar-refractivity contribution >= 4 is 11.8 Å². The summed E-state index contributed by atoms with van der Waals surface area (Å²) in [7, 11) is 1.45. The van der Waals surface area contributed by atoms with Crippen molar-refractivity contribution in [2.45, 2.75) is 58.3 Å². The molecule has 0 bridgehead atoms. The van der Waals surface area contributed by atoms with Crippen LogP contribution in [0.5, 0.6) is 0 Å². The Kier molecular flexibility index (Phi) is 3.35. The van der Waals surface area contributed by atoms with Gasteiger partial charge in [0.15, 0.2) is 5.78 Å². The number of nitrogens with zero attached hydrogens (tertiary/aromatic N) is 1. The summed E-state index contributed by atoms with van der Waals surface area (Å²) in [5.41, 5.74) is 0.939. The summed E-state index contributed by atoms with van der Waals surface area (Å²) >= 11 is 0. The van der Waals surface area contributed by atoms with E-state index >= 15 is 0 Å².